The number of aromatic hydroxyl groups is 1. The Morgan fingerprint density at radius 2 is 2.10 bits per heavy atom. The predicted molar refractivity (Wildman–Crippen MR) is 73.4 cm³/mol. The normalized spacial score (nSPS) is 24.7. The van der Waals surface area contributed by atoms with Gasteiger partial charge in [-0.2, -0.15) is 0 Å². The van der Waals surface area contributed by atoms with Crippen molar-refractivity contribution in [1.29, 1.82) is 0 Å². The number of hydrogen-bond acceptors (Lipinski definition) is 5. The monoisotopic (exact) mass is 276 g/mol. The fourth-order valence-corrected chi connectivity index (χ4v) is 2.74. The standard InChI is InChI=1S/C15H16O5/c1-7-9(17)4-5-10-11(7)13-12(14(18)20-10)15(3,6-16)8(2)19-13/h4-5,8,16-17H,6H2,1-3H3/t8-,15-/m1/s1. The Labute approximate surface area is 115 Å². The van der Waals surface area contributed by atoms with Crippen LogP contribution in [0.25, 0.3) is 11.0 Å². The number of hydrogen-bond donors (Lipinski definition) is 2. The summed E-state index contributed by atoms with van der Waals surface area (Å²) in [6.07, 6.45) is -0.349. The van der Waals surface area contributed by atoms with Crippen LogP contribution in [0.5, 0.6) is 11.5 Å². The zero-order valence-electron chi connectivity index (χ0n) is 11.6. The zero-order valence-corrected chi connectivity index (χ0v) is 11.6. The number of aliphatic hydroxyl groups is 1. The first-order chi connectivity index (χ1) is 9.40. The Bertz CT molecular complexity index is 761. The van der Waals surface area contributed by atoms with Crippen molar-refractivity contribution in [2.45, 2.75) is 32.3 Å². The first kappa shape index (κ1) is 13.0. The minimum absolute atomic E-state index is 0.113. The molecule has 1 aromatic heterocycles. The molecule has 1 aromatic carbocycles. The van der Waals surface area contributed by atoms with Gasteiger partial charge in [0.25, 0.3) is 0 Å². The van der Waals surface area contributed by atoms with Crippen LogP contribution in [0.15, 0.2) is 21.3 Å². The Morgan fingerprint density at radius 1 is 1.40 bits per heavy atom. The van der Waals surface area contributed by atoms with Gasteiger partial charge in [-0.05, 0) is 32.9 Å². The van der Waals surface area contributed by atoms with Crippen LogP contribution in [0.1, 0.15) is 25.0 Å². The van der Waals surface area contributed by atoms with Gasteiger partial charge in [-0.15, -0.1) is 0 Å². The molecule has 2 heterocycles. The summed E-state index contributed by atoms with van der Waals surface area (Å²) in [6.45, 7) is 5.10. The second-order valence-corrected chi connectivity index (χ2v) is 5.51. The Kier molecular flexibility index (Phi) is 2.59. The van der Waals surface area contributed by atoms with Crippen molar-refractivity contribution in [2.75, 3.05) is 6.61 Å². The molecular weight excluding hydrogens is 260 g/mol. The fraction of sp³-hybridized carbons (Fsp3) is 0.400. The molecule has 20 heavy (non-hydrogen) atoms. The van der Waals surface area contributed by atoms with Crippen LogP contribution < -0.4 is 10.4 Å². The molecule has 0 radical (unpaired) electrons. The van der Waals surface area contributed by atoms with Crippen molar-refractivity contribution < 1.29 is 19.4 Å². The number of benzene rings is 1. The minimum atomic E-state index is -0.804. The van der Waals surface area contributed by atoms with E-state index >= 15 is 0 Å². The number of phenolic OH excluding ortho intramolecular Hbond substituents is 1. The molecule has 5 nitrogen and oxygen atoms in total. The number of aliphatic hydroxyl groups excluding tert-OH is 1. The van der Waals surface area contributed by atoms with E-state index in [-0.39, 0.29) is 18.5 Å². The second kappa shape index (κ2) is 3.99. The summed E-state index contributed by atoms with van der Waals surface area (Å²) in [6, 6.07) is 3.03. The van der Waals surface area contributed by atoms with E-state index in [9.17, 15) is 15.0 Å². The third-order valence-electron chi connectivity index (χ3n) is 4.35. The van der Waals surface area contributed by atoms with E-state index in [1.807, 2.05) is 0 Å². The van der Waals surface area contributed by atoms with Gasteiger partial charge in [0.05, 0.1) is 23.0 Å². The fourth-order valence-electron chi connectivity index (χ4n) is 2.74. The summed E-state index contributed by atoms with van der Waals surface area (Å²) in [5.41, 5.74) is 0.00432. The lowest BCUT2D eigenvalue weighted by Crippen LogP contribution is -2.39. The molecule has 106 valence electrons. The first-order valence-corrected chi connectivity index (χ1v) is 6.47. The van der Waals surface area contributed by atoms with Crippen LogP contribution in [-0.4, -0.2) is 22.9 Å². The summed E-state index contributed by atoms with van der Waals surface area (Å²) >= 11 is 0. The van der Waals surface area contributed by atoms with Crippen LogP contribution >= 0.6 is 0 Å². The average molecular weight is 276 g/mol. The molecule has 5 heteroatoms. The van der Waals surface area contributed by atoms with Crippen LogP contribution in [0.4, 0.5) is 0 Å². The molecule has 0 saturated heterocycles. The first-order valence-electron chi connectivity index (χ1n) is 6.47. The van der Waals surface area contributed by atoms with Crippen molar-refractivity contribution in [2.24, 2.45) is 0 Å². The van der Waals surface area contributed by atoms with Crippen molar-refractivity contribution in [3.05, 3.63) is 33.7 Å². The minimum Gasteiger partial charge on any atom is -0.508 e. The van der Waals surface area contributed by atoms with Gasteiger partial charge in [0.1, 0.15) is 23.2 Å². The lowest BCUT2D eigenvalue weighted by Gasteiger charge is -2.23. The summed E-state index contributed by atoms with van der Waals surface area (Å²) in [7, 11) is 0. The highest BCUT2D eigenvalue weighted by atomic mass is 16.5. The third-order valence-corrected chi connectivity index (χ3v) is 4.35. The third kappa shape index (κ3) is 1.44. The molecule has 1 aliphatic rings. The van der Waals surface area contributed by atoms with E-state index in [0.29, 0.717) is 27.8 Å². The molecule has 0 unspecified atom stereocenters. The molecule has 0 spiro atoms. The van der Waals surface area contributed by atoms with Crippen molar-refractivity contribution in [1.82, 2.24) is 0 Å². The van der Waals surface area contributed by atoms with Gasteiger partial charge >= 0.3 is 5.63 Å². The van der Waals surface area contributed by atoms with Gasteiger partial charge in [0, 0.05) is 5.56 Å². The van der Waals surface area contributed by atoms with E-state index in [2.05, 4.69) is 0 Å². The molecule has 0 bridgehead atoms. The second-order valence-electron chi connectivity index (χ2n) is 5.51. The average Bonchev–Trinajstić information content (AvgIpc) is 2.67. The van der Waals surface area contributed by atoms with Crippen molar-refractivity contribution >= 4 is 11.0 Å². The van der Waals surface area contributed by atoms with E-state index in [1.54, 1.807) is 26.8 Å². The lowest BCUT2D eigenvalue weighted by atomic mass is 9.81. The predicted octanol–water partition coefficient (Wildman–Crippen LogP) is 1.84. The maximum atomic E-state index is 12.2. The van der Waals surface area contributed by atoms with Gasteiger partial charge < -0.3 is 19.4 Å². The summed E-state index contributed by atoms with van der Waals surface area (Å²) in [5.74, 6) is 0.524. The van der Waals surface area contributed by atoms with E-state index < -0.39 is 11.0 Å². The molecule has 3 rings (SSSR count). The molecule has 2 atom stereocenters. The summed E-state index contributed by atoms with van der Waals surface area (Å²) in [5, 5.41) is 20.1. The van der Waals surface area contributed by atoms with E-state index in [0.717, 1.165) is 0 Å². The number of phenols is 1. The molecular formula is C15H16O5. The van der Waals surface area contributed by atoms with Crippen LogP contribution in [0.2, 0.25) is 0 Å². The molecule has 0 saturated carbocycles. The maximum Gasteiger partial charge on any atom is 0.344 e. The lowest BCUT2D eigenvalue weighted by molar-refractivity contribution is 0.112. The number of fused-ring (bicyclic) bond motifs is 3. The Balaban J connectivity index is 2.49. The van der Waals surface area contributed by atoms with Gasteiger partial charge in [-0.3, -0.25) is 0 Å². The molecule has 2 aromatic rings. The van der Waals surface area contributed by atoms with E-state index in [4.69, 9.17) is 9.15 Å². The highest BCUT2D eigenvalue weighted by Gasteiger charge is 2.46. The zero-order chi connectivity index (χ0) is 14.7. The Hall–Kier alpha value is -2.01. The SMILES string of the molecule is Cc1c(O)ccc2oc(=O)c3c(c12)O[C@H](C)[C@@]3(C)CO. The molecule has 0 aliphatic carbocycles. The quantitative estimate of drug-likeness (QED) is 0.777. The number of ether oxygens (including phenoxy) is 1. The van der Waals surface area contributed by atoms with Crippen molar-refractivity contribution in [3.8, 4) is 11.5 Å². The van der Waals surface area contributed by atoms with Crippen LogP contribution in [0.3, 0.4) is 0 Å². The van der Waals surface area contributed by atoms with Crippen LogP contribution in [-0.2, 0) is 5.41 Å². The number of aryl methyl sites for hydroxylation is 1. The van der Waals surface area contributed by atoms with Gasteiger partial charge in [-0.25, -0.2) is 4.79 Å². The number of rotatable bonds is 1. The molecule has 2 N–H and O–H groups in total. The maximum absolute atomic E-state index is 12.2. The van der Waals surface area contributed by atoms with Crippen molar-refractivity contribution in [3.63, 3.8) is 0 Å². The summed E-state index contributed by atoms with van der Waals surface area (Å²) < 4.78 is 11.1. The van der Waals surface area contributed by atoms with Gasteiger partial charge in [0.2, 0.25) is 0 Å². The Morgan fingerprint density at radius 3 is 2.75 bits per heavy atom. The van der Waals surface area contributed by atoms with Gasteiger partial charge in [-0.1, -0.05) is 0 Å². The molecule has 1 aliphatic heterocycles. The topological polar surface area (TPSA) is 79.9 Å². The molecule has 0 fully saturated rings. The van der Waals surface area contributed by atoms with Crippen LogP contribution in [0, 0.1) is 6.92 Å². The highest BCUT2D eigenvalue weighted by molar-refractivity contribution is 5.90. The largest absolute Gasteiger partial charge is 0.508 e. The highest BCUT2D eigenvalue weighted by Crippen LogP contribution is 2.46. The smallest absolute Gasteiger partial charge is 0.344 e. The summed E-state index contributed by atoms with van der Waals surface area (Å²) in [4.78, 5) is 12.2. The molecule has 0 amide bonds. The van der Waals surface area contributed by atoms with Gasteiger partial charge in [0.15, 0.2) is 0 Å². The van der Waals surface area contributed by atoms with E-state index in [1.165, 1.54) is 6.07 Å².